The highest BCUT2D eigenvalue weighted by Gasteiger charge is 2.30. The monoisotopic (exact) mass is 258 g/mol. The standard InChI is InChI=1S/C16H15FO2/c1-10-6-7-12(8-13(10)17)16(18)15-9-11-4-2-3-5-14(11)19-15/h2-8,15-16,18H,9H2,1H3. The first kappa shape index (κ1) is 12.2. The first-order valence-electron chi connectivity index (χ1n) is 6.34. The number of ether oxygens (including phenoxy) is 1. The SMILES string of the molecule is Cc1ccc(C(O)C2Cc3ccccc3O2)cc1F. The van der Waals surface area contributed by atoms with Crippen molar-refractivity contribution < 1.29 is 14.2 Å². The Morgan fingerprint density at radius 2 is 2.05 bits per heavy atom. The van der Waals surface area contributed by atoms with Gasteiger partial charge in [0.15, 0.2) is 0 Å². The fraction of sp³-hybridized carbons (Fsp3) is 0.250. The van der Waals surface area contributed by atoms with E-state index < -0.39 is 6.10 Å². The molecule has 98 valence electrons. The zero-order valence-corrected chi connectivity index (χ0v) is 10.6. The van der Waals surface area contributed by atoms with Crippen LogP contribution in [-0.4, -0.2) is 11.2 Å². The van der Waals surface area contributed by atoms with Gasteiger partial charge in [-0.05, 0) is 35.7 Å². The van der Waals surface area contributed by atoms with E-state index in [1.807, 2.05) is 24.3 Å². The first-order chi connectivity index (χ1) is 9.15. The lowest BCUT2D eigenvalue weighted by atomic mass is 9.99. The van der Waals surface area contributed by atoms with Gasteiger partial charge in [0.25, 0.3) is 0 Å². The smallest absolute Gasteiger partial charge is 0.133 e. The molecule has 1 aliphatic rings. The predicted molar refractivity (Wildman–Crippen MR) is 70.7 cm³/mol. The molecule has 0 fully saturated rings. The number of benzene rings is 2. The fourth-order valence-electron chi connectivity index (χ4n) is 2.39. The molecule has 3 rings (SSSR count). The molecule has 19 heavy (non-hydrogen) atoms. The lowest BCUT2D eigenvalue weighted by Crippen LogP contribution is -2.23. The number of fused-ring (bicyclic) bond motifs is 1. The summed E-state index contributed by atoms with van der Waals surface area (Å²) in [6.45, 7) is 1.70. The summed E-state index contributed by atoms with van der Waals surface area (Å²) in [5, 5.41) is 10.3. The summed E-state index contributed by atoms with van der Waals surface area (Å²) in [4.78, 5) is 0. The molecule has 1 N–H and O–H groups in total. The van der Waals surface area contributed by atoms with Gasteiger partial charge in [0.05, 0.1) is 0 Å². The normalized spacial score (nSPS) is 18.8. The zero-order valence-electron chi connectivity index (χ0n) is 10.6. The molecule has 0 aliphatic carbocycles. The minimum absolute atomic E-state index is 0.299. The molecule has 3 heteroatoms. The molecule has 0 bridgehead atoms. The van der Waals surface area contributed by atoms with Gasteiger partial charge in [0, 0.05) is 6.42 Å². The van der Waals surface area contributed by atoms with Gasteiger partial charge in [0.1, 0.15) is 23.8 Å². The molecular weight excluding hydrogens is 243 g/mol. The minimum Gasteiger partial charge on any atom is -0.487 e. The summed E-state index contributed by atoms with van der Waals surface area (Å²) < 4.78 is 19.3. The van der Waals surface area contributed by atoms with Crippen molar-refractivity contribution in [3.05, 3.63) is 65.0 Å². The van der Waals surface area contributed by atoms with Crippen molar-refractivity contribution in [1.82, 2.24) is 0 Å². The molecule has 0 saturated heterocycles. The van der Waals surface area contributed by atoms with Crippen LogP contribution in [0.15, 0.2) is 42.5 Å². The summed E-state index contributed by atoms with van der Waals surface area (Å²) in [5.41, 5.74) is 2.21. The highest BCUT2D eigenvalue weighted by molar-refractivity contribution is 5.38. The van der Waals surface area contributed by atoms with Crippen LogP contribution in [0.3, 0.4) is 0 Å². The Balaban J connectivity index is 1.82. The summed E-state index contributed by atoms with van der Waals surface area (Å²) >= 11 is 0. The molecule has 2 atom stereocenters. The van der Waals surface area contributed by atoms with Crippen molar-refractivity contribution in [3.63, 3.8) is 0 Å². The number of hydrogen-bond acceptors (Lipinski definition) is 2. The van der Waals surface area contributed by atoms with E-state index in [4.69, 9.17) is 4.74 Å². The Morgan fingerprint density at radius 3 is 2.79 bits per heavy atom. The highest BCUT2D eigenvalue weighted by atomic mass is 19.1. The summed E-state index contributed by atoms with van der Waals surface area (Å²) in [5.74, 6) is 0.506. The van der Waals surface area contributed by atoms with Crippen molar-refractivity contribution in [3.8, 4) is 5.75 Å². The summed E-state index contributed by atoms with van der Waals surface area (Å²) in [6.07, 6.45) is -0.519. The summed E-state index contributed by atoms with van der Waals surface area (Å²) in [7, 11) is 0. The van der Waals surface area contributed by atoms with Crippen LogP contribution in [0.1, 0.15) is 22.8 Å². The fourth-order valence-corrected chi connectivity index (χ4v) is 2.39. The van der Waals surface area contributed by atoms with Crippen molar-refractivity contribution in [2.45, 2.75) is 25.6 Å². The van der Waals surface area contributed by atoms with E-state index in [0.29, 0.717) is 17.5 Å². The van der Waals surface area contributed by atoms with Crippen LogP contribution in [0, 0.1) is 12.7 Å². The van der Waals surface area contributed by atoms with Crippen LogP contribution in [0.2, 0.25) is 0 Å². The Hall–Kier alpha value is -1.87. The second-order valence-corrected chi connectivity index (χ2v) is 4.92. The summed E-state index contributed by atoms with van der Waals surface area (Å²) in [6, 6.07) is 12.5. The van der Waals surface area contributed by atoms with E-state index in [1.165, 1.54) is 6.07 Å². The first-order valence-corrected chi connectivity index (χ1v) is 6.34. The zero-order chi connectivity index (χ0) is 13.4. The highest BCUT2D eigenvalue weighted by Crippen LogP contribution is 2.34. The van der Waals surface area contributed by atoms with Gasteiger partial charge in [-0.1, -0.05) is 30.3 Å². The second-order valence-electron chi connectivity index (χ2n) is 4.92. The van der Waals surface area contributed by atoms with E-state index in [0.717, 1.165) is 11.3 Å². The maximum atomic E-state index is 13.5. The van der Waals surface area contributed by atoms with Crippen molar-refractivity contribution in [2.75, 3.05) is 0 Å². The number of halogens is 1. The maximum Gasteiger partial charge on any atom is 0.133 e. The van der Waals surface area contributed by atoms with Crippen LogP contribution < -0.4 is 4.74 Å². The van der Waals surface area contributed by atoms with E-state index in [2.05, 4.69) is 0 Å². The Bertz CT molecular complexity index is 584. The van der Waals surface area contributed by atoms with Gasteiger partial charge in [-0.3, -0.25) is 0 Å². The van der Waals surface area contributed by atoms with Crippen molar-refractivity contribution in [2.24, 2.45) is 0 Å². The van der Waals surface area contributed by atoms with E-state index in [9.17, 15) is 9.50 Å². The van der Waals surface area contributed by atoms with Crippen LogP contribution in [0.4, 0.5) is 4.39 Å². The lowest BCUT2D eigenvalue weighted by Gasteiger charge is -2.18. The molecule has 0 spiro atoms. The number of rotatable bonds is 2. The third-order valence-electron chi connectivity index (χ3n) is 3.56. The number of hydrogen-bond donors (Lipinski definition) is 1. The van der Waals surface area contributed by atoms with Gasteiger partial charge in [-0.25, -0.2) is 4.39 Å². The molecule has 1 heterocycles. The number of para-hydroxylation sites is 1. The van der Waals surface area contributed by atoms with Gasteiger partial charge < -0.3 is 9.84 Å². The average molecular weight is 258 g/mol. The van der Waals surface area contributed by atoms with Gasteiger partial charge in [0.2, 0.25) is 0 Å². The van der Waals surface area contributed by atoms with E-state index in [1.54, 1.807) is 19.1 Å². The number of aliphatic hydroxyl groups excluding tert-OH is 1. The van der Waals surface area contributed by atoms with E-state index >= 15 is 0 Å². The van der Waals surface area contributed by atoms with E-state index in [-0.39, 0.29) is 11.9 Å². The van der Waals surface area contributed by atoms with Crippen molar-refractivity contribution >= 4 is 0 Å². The molecule has 0 radical (unpaired) electrons. The largest absolute Gasteiger partial charge is 0.487 e. The third kappa shape index (κ3) is 2.22. The topological polar surface area (TPSA) is 29.5 Å². The molecule has 2 unspecified atom stereocenters. The number of aliphatic hydroxyl groups is 1. The Kier molecular flexibility index (Phi) is 2.99. The molecule has 2 nitrogen and oxygen atoms in total. The molecular formula is C16H15FO2. The van der Waals surface area contributed by atoms with Gasteiger partial charge >= 0.3 is 0 Å². The van der Waals surface area contributed by atoms with Crippen LogP contribution in [-0.2, 0) is 6.42 Å². The van der Waals surface area contributed by atoms with Crippen LogP contribution in [0.25, 0.3) is 0 Å². The van der Waals surface area contributed by atoms with Crippen molar-refractivity contribution in [1.29, 1.82) is 0 Å². The molecule has 2 aromatic rings. The minimum atomic E-state index is -0.817. The molecule has 1 aliphatic heterocycles. The molecule has 2 aromatic carbocycles. The van der Waals surface area contributed by atoms with Crippen LogP contribution in [0.5, 0.6) is 5.75 Å². The molecule has 0 aromatic heterocycles. The van der Waals surface area contributed by atoms with Gasteiger partial charge in [-0.2, -0.15) is 0 Å². The van der Waals surface area contributed by atoms with Crippen LogP contribution >= 0.6 is 0 Å². The quantitative estimate of drug-likeness (QED) is 0.896. The third-order valence-corrected chi connectivity index (χ3v) is 3.56. The average Bonchev–Trinajstić information content (AvgIpc) is 2.85. The lowest BCUT2D eigenvalue weighted by molar-refractivity contribution is 0.0490. The maximum absolute atomic E-state index is 13.5. The van der Waals surface area contributed by atoms with Gasteiger partial charge in [-0.15, -0.1) is 0 Å². The predicted octanol–water partition coefficient (Wildman–Crippen LogP) is 3.17. The Morgan fingerprint density at radius 1 is 1.26 bits per heavy atom. The Labute approximate surface area is 111 Å². The molecule has 0 amide bonds. The second kappa shape index (κ2) is 4.67. The molecule has 0 saturated carbocycles. The number of aryl methyl sites for hydroxylation is 1.